The first-order valence-electron chi connectivity index (χ1n) is 5.56. The maximum atomic E-state index is 3.87. The lowest BCUT2D eigenvalue weighted by molar-refractivity contribution is 0.380. The molecule has 74 valence electrons. The van der Waals surface area contributed by atoms with E-state index in [4.69, 9.17) is 0 Å². The van der Waals surface area contributed by atoms with E-state index in [1.807, 2.05) is 0 Å². The Morgan fingerprint density at radius 3 is 2.69 bits per heavy atom. The lowest BCUT2D eigenvalue weighted by atomic mass is 9.91. The summed E-state index contributed by atoms with van der Waals surface area (Å²) in [6.07, 6.45) is 11.5. The summed E-state index contributed by atoms with van der Waals surface area (Å²) in [7, 11) is 0. The summed E-state index contributed by atoms with van der Waals surface area (Å²) >= 11 is 0. The molecule has 0 aromatic heterocycles. The molecular formula is C13H22. The zero-order chi connectivity index (χ0) is 9.68. The highest BCUT2D eigenvalue weighted by Crippen LogP contribution is 2.36. The van der Waals surface area contributed by atoms with Gasteiger partial charge >= 0.3 is 0 Å². The molecule has 0 heteroatoms. The van der Waals surface area contributed by atoms with Crippen LogP contribution in [-0.2, 0) is 0 Å². The summed E-state index contributed by atoms with van der Waals surface area (Å²) in [6, 6.07) is 0. The van der Waals surface area contributed by atoms with Gasteiger partial charge in [-0.1, -0.05) is 50.5 Å². The minimum absolute atomic E-state index is 0.959. The van der Waals surface area contributed by atoms with Crippen LogP contribution in [0.25, 0.3) is 0 Å². The molecule has 0 saturated heterocycles. The molecule has 0 bridgehead atoms. The Balaban J connectivity index is 2.31. The van der Waals surface area contributed by atoms with Crippen molar-refractivity contribution in [3.8, 4) is 0 Å². The Morgan fingerprint density at radius 1 is 1.38 bits per heavy atom. The number of hydrogen-bond donors (Lipinski definition) is 0. The van der Waals surface area contributed by atoms with E-state index in [1.165, 1.54) is 37.7 Å². The molecule has 1 fully saturated rings. The summed E-state index contributed by atoms with van der Waals surface area (Å²) in [5, 5.41) is 0. The summed E-state index contributed by atoms with van der Waals surface area (Å²) in [5.74, 6) is 1.95. The smallest absolute Gasteiger partial charge is 0.0316 e. The Labute approximate surface area is 82.7 Å². The third-order valence-electron chi connectivity index (χ3n) is 3.18. The monoisotopic (exact) mass is 178 g/mol. The highest BCUT2D eigenvalue weighted by molar-refractivity contribution is 5.11. The Morgan fingerprint density at radius 2 is 2.08 bits per heavy atom. The van der Waals surface area contributed by atoms with E-state index in [0.717, 1.165) is 11.8 Å². The summed E-state index contributed by atoms with van der Waals surface area (Å²) < 4.78 is 0. The second-order valence-electron chi connectivity index (χ2n) is 4.34. The minimum Gasteiger partial charge on any atom is -0.0961 e. The number of hydrogen-bond acceptors (Lipinski definition) is 0. The van der Waals surface area contributed by atoms with Crippen LogP contribution in [0.5, 0.6) is 0 Å². The van der Waals surface area contributed by atoms with Crippen LogP contribution in [0.1, 0.15) is 46.0 Å². The van der Waals surface area contributed by atoms with Gasteiger partial charge < -0.3 is 0 Å². The first-order valence-corrected chi connectivity index (χ1v) is 5.56. The van der Waals surface area contributed by atoms with Crippen molar-refractivity contribution < 1.29 is 0 Å². The first kappa shape index (κ1) is 10.6. The lowest BCUT2D eigenvalue weighted by Crippen LogP contribution is -2.05. The molecule has 1 rings (SSSR count). The van der Waals surface area contributed by atoms with E-state index in [0.29, 0.717) is 0 Å². The molecule has 0 aromatic rings. The van der Waals surface area contributed by atoms with E-state index in [1.54, 1.807) is 0 Å². The van der Waals surface area contributed by atoms with Crippen LogP contribution in [-0.4, -0.2) is 0 Å². The van der Waals surface area contributed by atoms with Crippen LogP contribution in [0.2, 0.25) is 0 Å². The van der Waals surface area contributed by atoms with Crippen LogP contribution in [0, 0.1) is 11.8 Å². The maximum Gasteiger partial charge on any atom is -0.0316 e. The molecule has 0 aromatic carbocycles. The van der Waals surface area contributed by atoms with Crippen molar-refractivity contribution in [2.24, 2.45) is 11.8 Å². The molecule has 0 heterocycles. The third-order valence-corrected chi connectivity index (χ3v) is 3.18. The molecule has 13 heavy (non-hydrogen) atoms. The summed E-state index contributed by atoms with van der Waals surface area (Å²) in [4.78, 5) is 0. The van der Waals surface area contributed by atoms with Gasteiger partial charge in [-0.2, -0.15) is 0 Å². The average molecular weight is 178 g/mol. The van der Waals surface area contributed by atoms with E-state index in [2.05, 4.69) is 32.6 Å². The molecule has 0 radical (unpaired) electrons. The van der Waals surface area contributed by atoms with Crippen LogP contribution >= 0.6 is 0 Å². The van der Waals surface area contributed by atoms with E-state index >= 15 is 0 Å². The van der Waals surface area contributed by atoms with Crippen molar-refractivity contribution in [3.63, 3.8) is 0 Å². The van der Waals surface area contributed by atoms with Crippen LogP contribution < -0.4 is 0 Å². The quantitative estimate of drug-likeness (QED) is 0.562. The zero-order valence-corrected chi connectivity index (χ0v) is 9.05. The largest absolute Gasteiger partial charge is 0.0961 e. The SMILES string of the molecule is C=C(C)C=CCC1CCCC1CC. The summed E-state index contributed by atoms with van der Waals surface area (Å²) in [5.41, 5.74) is 1.17. The molecular weight excluding hydrogens is 156 g/mol. The molecule has 1 saturated carbocycles. The topological polar surface area (TPSA) is 0 Å². The van der Waals surface area contributed by atoms with Crippen molar-refractivity contribution in [1.82, 2.24) is 0 Å². The van der Waals surface area contributed by atoms with Crippen LogP contribution in [0.3, 0.4) is 0 Å². The van der Waals surface area contributed by atoms with Gasteiger partial charge in [0, 0.05) is 0 Å². The Hall–Kier alpha value is -0.520. The molecule has 0 N–H and O–H groups in total. The van der Waals surface area contributed by atoms with Crippen LogP contribution in [0.4, 0.5) is 0 Å². The first-order chi connectivity index (χ1) is 6.24. The fourth-order valence-corrected chi connectivity index (χ4v) is 2.41. The molecule has 0 nitrogen and oxygen atoms in total. The Kier molecular flexibility index (Phi) is 4.27. The van der Waals surface area contributed by atoms with Gasteiger partial charge in [0.2, 0.25) is 0 Å². The molecule has 2 atom stereocenters. The van der Waals surface area contributed by atoms with E-state index < -0.39 is 0 Å². The summed E-state index contributed by atoms with van der Waals surface area (Å²) in [6.45, 7) is 8.25. The fourth-order valence-electron chi connectivity index (χ4n) is 2.41. The third kappa shape index (κ3) is 3.38. The van der Waals surface area contributed by atoms with Gasteiger partial charge in [0.05, 0.1) is 0 Å². The standard InChI is InChI=1S/C13H22/c1-4-12-8-6-10-13(12)9-5-7-11(2)3/h5,7,12-13H,2,4,6,8-10H2,1,3H3. The lowest BCUT2D eigenvalue weighted by Gasteiger charge is -2.15. The minimum atomic E-state index is 0.959. The average Bonchev–Trinajstić information content (AvgIpc) is 2.51. The predicted molar refractivity (Wildman–Crippen MR) is 59.7 cm³/mol. The predicted octanol–water partition coefficient (Wildman–Crippen LogP) is 4.34. The highest BCUT2D eigenvalue weighted by atomic mass is 14.3. The van der Waals surface area contributed by atoms with Gasteiger partial charge in [-0.05, 0) is 31.6 Å². The molecule has 0 spiro atoms. The fraction of sp³-hybridized carbons (Fsp3) is 0.692. The molecule has 0 aliphatic heterocycles. The second kappa shape index (κ2) is 5.26. The van der Waals surface area contributed by atoms with Gasteiger partial charge in [-0.15, -0.1) is 0 Å². The zero-order valence-electron chi connectivity index (χ0n) is 9.05. The van der Waals surface area contributed by atoms with Gasteiger partial charge in [0.25, 0.3) is 0 Å². The Bertz CT molecular complexity index is 188. The maximum absolute atomic E-state index is 3.87. The molecule has 2 unspecified atom stereocenters. The van der Waals surface area contributed by atoms with Gasteiger partial charge in [0.1, 0.15) is 0 Å². The van der Waals surface area contributed by atoms with Gasteiger partial charge in [0.15, 0.2) is 0 Å². The second-order valence-corrected chi connectivity index (χ2v) is 4.34. The van der Waals surface area contributed by atoms with Crippen molar-refractivity contribution in [3.05, 3.63) is 24.3 Å². The normalized spacial score (nSPS) is 28.5. The van der Waals surface area contributed by atoms with Gasteiger partial charge in [-0.3, -0.25) is 0 Å². The highest BCUT2D eigenvalue weighted by Gasteiger charge is 2.23. The van der Waals surface area contributed by atoms with Crippen molar-refractivity contribution >= 4 is 0 Å². The van der Waals surface area contributed by atoms with Crippen molar-refractivity contribution in [1.29, 1.82) is 0 Å². The van der Waals surface area contributed by atoms with Crippen molar-refractivity contribution in [2.45, 2.75) is 46.0 Å². The number of allylic oxidation sites excluding steroid dienone is 3. The molecule has 1 aliphatic carbocycles. The van der Waals surface area contributed by atoms with E-state index in [-0.39, 0.29) is 0 Å². The van der Waals surface area contributed by atoms with Gasteiger partial charge in [-0.25, -0.2) is 0 Å². The van der Waals surface area contributed by atoms with Crippen molar-refractivity contribution in [2.75, 3.05) is 0 Å². The van der Waals surface area contributed by atoms with Crippen LogP contribution in [0.15, 0.2) is 24.3 Å². The van der Waals surface area contributed by atoms with E-state index in [9.17, 15) is 0 Å². The molecule has 1 aliphatic rings. The number of rotatable bonds is 4. The molecule has 0 amide bonds.